The zero-order chi connectivity index (χ0) is 56.2. The van der Waals surface area contributed by atoms with E-state index in [1.807, 2.05) is 84.9 Å². The fraction of sp³-hybridized carbons (Fsp3) is 0. The molecule has 386 valence electrons. The van der Waals surface area contributed by atoms with E-state index in [4.69, 9.17) is 0 Å². The van der Waals surface area contributed by atoms with Gasteiger partial charge < -0.3 is 18.3 Å². The van der Waals surface area contributed by atoms with Gasteiger partial charge in [-0.3, -0.25) is 0 Å². The highest BCUT2D eigenvalue weighted by Gasteiger charge is 2.24. The van der Waals surface area contributed by atoms with E-state index in [2.05, 4.69) is 212 Å². The second kappa shape index (κ2) is 18.7. The molecule has 4 aromatic heterocycles. The molecule has 4 heterocycles. The van der Waals surface area contributed by atoms with Crippen molar-refractivity contribution in [3.8, 4) is 80.4 Å². The standard InChI is InChI=1S/C76H42N8/c77-43-47-25-31-73(83-71-23-11-5-17-59(71)63-41-51(29-35-75(63)83)49-27-33-65(53(39-49)45-79)81-67-19-7-1-13-55(67)56-14-2-8-20-68(56)81)61(37-47)62-38-48(44-78)26-32-74(62)84-72-24-12-6-18-60(72)64-42-52(30-36-76(64)84)50-28-34-66(54(40-50)46-80)82-69-21-9-3-15-57(69)58-16-4-10-22-70(58)82/h1-42H. The van der Waals surface area contributed by atoms with E-state index in [1.165, 1.54) is 0 Å². The molecule has 8 nitrogen and oxygen atoms in total. The van der Waals surface area contributed by atoms with Crippen LogP contribution in [-0.4, -0.2) is 18.3 Å². The first-order valence-corrected chi connectivity index (χ1v) is 27.7. The summed E-state index contributed by atoms with van der Waals surface area (Å²) in [5.41, 5.74) is 18.8. The van der Waals surface area contributed by atoms with Gasteiger partial charge in [-0.05, 0) is 144 Å². The maximum absolute atomic E-state index is 10.8. The first-order valence-electron chi connectivity index (χ1n) is 27.7. The summed E-state index contributed by atoms with van der Waals surface area (Å²) in [4.78, 5) is 0. The molecule has 0 aliphatic heterocycles. The summed E-state index contributed by atoms with van der Waals surface area (Å²) in [6.07, 6.45) is 0. The fourth-order valence-corrected chi connectivity index (χ4v) is 13.2. The number of benzene rings is 12. The molecule has 0 amide bonds. The van der Waals surface area contributed by atoms with E-state index in [9.17, 15) is 21.0 Å². The largest absolute Gasteiger partial charge is 0.309 e. The molecule has 0 unspecified atom stereocenters. The summed E-state index contributed by atoms with van der Waals surface area (Å²) in [6, 6.07) is 96.9. The minimum atomic E-state index is 0.482. The summed E-state index contributed by atoms with van der Waals surface area (Å²) < 4.78 is 8.91. The van der Waals surface area contributed by atoms with Crippen LogP contribution in [0, 0.1) is 45.3 Å². The molecule has 12 aromatic carbocycles. The minimum Gasteiger partial charge on any atom is -0.309 e. The molecule has 0 bridgehead atoms. The van der Waals surface area contributed by atoms with Gasteiger partial charge in [0.1, 0.15) is 12.1 Å². The molecule has 16 rings (SSSR count). The summed E-state index contributed by atoms with van der Waals surface area (Å²) in [5, 5.41) is 51.4. The molecule has 0 radical (unpaired) electrons. The normalized spacial score (nSPS) is 11.5. The Morgan fingerprint density at radius 2 is 0.476 bits per heavy atom. The Hall–Kier alpha value is -12.2. The molecule has 0 atom stereocenters. The highest BCUT2D eigenvalue weighted by atomic mass is 15.0. The molecule has 0 N–H and O–H groups in total. The Balaban J connectivity index is 0.838. The van der Waals surface area contributed by atoms with Crippen molar-refractivity contribution in [3.63, 3.8) is 0 Å². The number of aromatic nitrogens is 4. The lowest BCUT2D eigenvalue weighted by atomic mass is 9.96. The lowest BCUT2D eigenvalue weighted by molar-refractivity contribution is 1.16. The Morgan fingerprint density at radius 3 is 0.798 bits per heavy atom. The fourth-order valence-electron chi connectivity index (χ4n) is 13.2. The van der Waals surface area contributed by atoms with Crippen molar-refractivity contribution in [2.75, 3.05) is 0 Å². The van der Waals surface area contributed by atoms with Crippen LogP contribution in [0.3, 0.4) is 0 Å². The Morgan fingerprint density at radius 1 is 0.214 bits per heavy atom. The number of para-hydroxylation sites is 6. The molecule has 16 aromatic rings. The summed E-state index contributed by atoms with van der Waals surface area (Å²) >= 11 is 0. The van der Waals surface area contributed by atoms with E-state index >= 15 is 0 Å². The third-order valence-electron chi connectivity index (χ3n) is 16.9. The van der Waals surface area contributed by atoms with Gasteiger partial charge in [0.15, 0.2) is 0 Å². The highest BCUT2D eigenvalue weighted by molar-refractivity contribution is 6.14. The predicted octanol–water partition coefficient (Wildman–Crippen LogP) is 18.6. The van der Waals surface area contributed by atoms with Gasteiger partial charge in [-0.2, -0.15) is 21.0 Å². The van der Waals surface area contributed by atoms with Crippen LogP contribution in [0.25, 0.3) is 143 Å². The van der Waals surface area contributed by atoms with Gasteiger partial charge >= 0.3 is 0 Å². The van der Waals surface area contributed by atoms with Crippen LogP contribution >= 0.6 is 0 Å². The van der Waals surface area contributed by atoms with E-state index in [-0.39, 0.29) is 0 Å². The number of nitrogens with zero attached hydrogens (tertiary/aromatic N) is 8. The van der Waals surface area contributed by atoms with Crippen LogP contribution in [0.2, 0.25) is 0 Å². The Kier molecular flexibility index (Phi) is 10.6. The van der Waals surface area contributed by atoms with Crippen LogP contribution in [0.15, 0.2) is 255 Å². The van der Waals surface area contributed by atoms with E-state index in [0.717, 1.165) is 143 Å². The van der Waals surface area contributed by atoms with E-state index in [1.54, 1.807) is 0 Å². The SMILES string of the molecule is N#Cc1ccc(-n2c3ccccc3c3cc(-c4ccc(-n5c6ccccc6c6ccccc65)c(C#N)c4)ccc32)c(-c2cc(C#N)ccc2-n2c3ccccc3c3cc(-c4ccc(-n5c6ccccc6c6ccccc65)c(C#N)c4)ccc32)c1. The molecular weight excluding hydrogens is 1020 g/mol. The van der Waals surface area contributed by atoms with Crippen molar-refractivity contribution in [1.82, 2.24) is 18.3 Å². The topological polar surface area (TPSA) is 115 Å². The van der Waals surface area contributed by atoms with E-state index in [0.29, 0.717) is 22.3 Å². The Labute approximate surface area is 481 Å². The van der Waals surface area contributed by atoms with Gasteiger partial charge in [0, 0.05) is 54.2 Å². The summed E-state index contributed by atoms with van der Waals surface area (Å²) in [5.74, 6) is 0. The molecule has 0 fully saturated rings. The molecule has 8 heteroatoms. The first kappa shape index (κ1) is 47.8. The molecule has 0 saturated heterocycles. The molecule has 84 heavy (non-hydrogen) atoms. The van der Waals surface area contributed by atoms with Gasteiger partial charge in [0.25, 0.3) is 0 Å². The number of hydrogen-bond donors (Lipinski definition) is 0. The van der Waals surface area contributed by atoms with Gasteiger partial charge in [-0.1, -0.05) is 133 Å². The molecule has 0 saturated carbocycles. The van der Waals surface area contributed by atoms with Gasteiger partial charge in [0.05, 0.1) is 101 Å². The van der Waals surface area contributed by atoms with Crippen molar-refractivity contribution in [3.05, 3.63) is 277 Å². The van der Waals surface area contributed by atoms with Crippen LogP contribution in [-0.2, 0) is 0 Å². The minimum absolute atomic E-state index is 0.482. The van der Waals surface area contributed by atoms with Crippen LogP contribution in [0.5, 0.6) is 0 Å². The third kappa shape index (κ3) is 7.09. The lowest BCUT2D eigenvalue weighted by Crippen LogP contribution is -2.02. The zero-order valence-electron chi connectivity index (χ0n) is 44.8. The van der Waals surface area contributed by atoms with Crippen molar-refractivity contribution in [1.29, 1.82) is 21.0 Å². The quantitative estimate of drug-likeness (QED) is 0.158. The van der Waals surface area contributed by atoms with Gasteiger partial charge in [-0.15, -0.1) is 0 Å². The first-order chi connectivity index (χ1) is 41.5. The average molecular weight is 1070 g/mol. The Bertz CT molecular complexity index is 5240. The van der Waals surface area contributed by atoms with Gasteiger partial charge in [-0.25, -0.2) is 0 Å². The zero-order valence-corrected chi connectivity index (χ0v) is 44.8. The maximum atomic E-state index is 10.8. The van der Waals surface area contributed by atoms with Crippen molar-refractivity contribution in [2.45, 2.75) is 0 Å². The van der Waals surface area contributed by atoms with Crippen LogP contribution < -0.4 is 0 Å². The second-order valence-electron chi connectivity index (χ2n) is 21.3. The molecule has 0 aliphatic rings. The monoisotopic (exact) mass is 1070 g/mol. The predicted molar refractivity (Wildman–Crippen MR) is 339 cm³/mol. The number of hydrogen-bond acceptors (Lipinski definition) is 4. The van der Waals surface area contributed by atoms with E-state index < -0.39 is 0 Å². The average Bonchev–Trinajstić information content (AvgIpc) is 3.17. The van der Waals surface area contributed by atoms with Crippen molar-refractivity contribution in [2.24, 2.45) is 0 Å². The molecular formula is C76H42N8. The van der Waals surface area contributed by atoms with Crippen molar-refractivity contribution < 1.29 is 0 Å². The molecule has 0 aliphatic carbocycles. The summed E-state index contributed by atoms with van der Waals surface area (Å²) in [7, 11) is 0. The number of fused-ring (bicyclic) bond motifs is 12. The number of nitriles is 4. The van der Waals surface area contributed by atoms with Gasteiger partial charge in [0.2, 0.25) is 0 Å². The van der Waals surface area contributed by atoms with Crippen LogP contribution in [0.4, 0.5) is 0 Å². The highest BCUT2D eigenvalue weighted by Crippen LogP contribution is 2.44. The van der Waals surface area contributed by atoms with Crippen LogP contribution in [0.1, 0.15) is 22.3 Å². The second-order valence-corrected chi connectivity index (χ2v) is 21.3. The number of rotatable bonds is 7. The summed E-state index contributed by atoms with van der Waals surface area (Å²) in [6.45, 7) is 0. The smallest absolute Gasteiger partial charge is 0.101 e. The molecule has 0 spiro atoms. The maximum Gasteiger partial charge on any atom is 0.101 e. The van der Waals surface area contributed by atoms with Crippen molar-refractivity contribution >= 4 is 87.2 Å². The lowest BCUT2D eigenvalue weighted by Gasteiger charge is -2.19. The third-order valence-corrected chi connectivity index (χ3v) is 16.9.